The first-order valence-electron chi connectivity index (χ1n) is 3.87. The van der Waals surface area contributed by atoms with Crippen molar-refractivity contribution in [3.05, 3.63) is 0 Å². The minimum Gasteiger partial charge on any atom is -0.289 e. The maximum Gasteiger partial charge on any atom is 0.0509 e. The van der Waals surface area contributed by atoms with Crippen molar-refractivity contribution >= 4 is 0 Å². The Hall–Kier alpha value is -0.0800. The van der Waals surface area contributed by atoms with Gasteiger partial charge in [0.15, 0.2) is 0 Å². The van der Waals surface area contributed by atoms with Gasteiger partial charge in [0.2, 0.25) is 0 Å². The van der Waals surface area contributed by atoms with Gasteiger partial charge in [0.05, 0.1) is 6.67 Å². The van der Waals surface area contributed by atoms with Gasteiger partial charge in [-0.05, 0) is 34.9 Å². The molecule has 0 saturated carbocycles. The first-order chi connectivity index (χ1) is 4.46. The molecule has 1 atom stereocenters. The van der Waals surface area contributed by atoms with E-state index in [4.69, 9.17) is 0 Å². The van der Waals surface area contributed by atoms with Gasteiger partial charge in [-0.1, -0.05) is 0 Å². The molecule has 0 aromatic carbocycles. The molecule has 1 aliphatic rings. The maximum absolute atomic E-state index is 2.39. The van der Waals surface area contributed by atoms with Gasteiger partial charge in [0, 0.05) is 11.6 Å². The van der Waals surface area contributed by atoms with E-state index in [9.17, 15) is 0 Å². The monoisotopic (exact) mass is 142 g/mol. The summed E-state index contributed by atoms with van der Waals surface area (Å²) >= 11 is 0. The van der Waals surface area contributed by atoms with Crippen LogP contribution in [-0.4, -0.2) is 42.1 Å². The number of likely N-dealkylation sites (N-methyl/N-ethyl adjacent to an activating group) is 2. The van der Waals surface area contributed by atoms with Crippen molar-refractivity contribution in [3.63, 3.8) is 0 Å². The molecule has 0 amide bonds. The molecule has 2 nitrogen and oxygen atoms in total. The molecule has 1 heterocycles. The Morgan fingerprint density at radius 3 is 1.90 bits per heavy atom. The maximum atomic E-state index is 2.39. The van der Waals surface area contributed by atoms with Crippen molar-refractivity contribution < 1.29 is 0 Å². The van der Waals surface area contributed by atoms with Gasteiger partial charge < -0.3 is 0 Å². The summed E-state index contributed by atoms with van der Waals surface area (Å²) in [5.41, 5.74) is 0.342. The quantitative estimate of drug-likeness (QED) is 0.497. The molecule has 0 aromatic heterocycles. The highest BCUT2D eigenvalue weighted by molar-refractivity contribution is 4.95. The third-order valence-electron chi connectivity index (χ3n) is 3.10. The minimum absolute atomic E-state index is 0.342. The van der Waals surface area contributed by atoms with Crippen LogP contribution in [0.25, 0.3) is 0 Å². The summed E-state index contributed by atoms with van der Waals surface area (Å²) in [6, 6.07) is 0.664. The second-order valence-corrected chi connectivity index (χ2v) is 3.93. The number of nitrogens with zero attached hydrogens (tertiary/aromatic N) is 2. The van der Waals surface area contributed by atoms with Crippen molar-refractivity contribution in [1.29, 1.82) is 0 Å². The number of hydrogen-bond acceptors (Lipinski definition) is 2. The molecule has 10 heavy (non-hydrogen) atoms. The Bertz CT molecular complexity index is 131. The van der Waals surface area contributed by atoms with Crippen LogP contribution in [0.2, 0.25) is 0 Å². The highest BCUT2D eigenvalue weighted by Crippen LogP contribution is 2.27. The topological polar surface area (TPSA) is 6.48 Å². The molecule has 1 fully saturated rings. The van der Waals surface area contributed by atoms with Crippen molar-refractivity contribution in [2.24, 2.45) is 0 Å². The lowest BCUT2D eigenvalue weighted by Gasteiger charge is -2.30. The minimum atomic E-state index is 0.342. The molecule has 0 N–H and O–H groups in total. The number of hydrogen-bond donors (Lipinski definition) is 0. The SMILES string of the molecule is CC1N(C)CN(C)C1(C)C. The van der Waals surface area contributed by atoms with Crippen LogP contribution in [0.3, 0.4) is 0 Å². The first-order valence-corrected chi connectivity index (χ1v) is 3.87. The molecular weight excluding hydrogens is 124 g/mol. The Balaban J connectivity index is 2.75. The van der Waals surface area contributed by atoms with Crippen LogP contribution in [-0.2, 0) is 0 Å². The second-order valence-electron chi connectivity index (χ2n) is 3.93. The fourth-order valence-electron chi connectivity index (χ4n) is 1.50. The predicted octanol–water partition coefficient (Wildman–Crippen LogP) is 0.988. The molecule has 0 bridgehead atoms. The van der Waals surface area contributed by atoms with E-state index in [-0.39, 0.29) is 0 Å². The lowest BCUT2D eigenvalue weighted by Crippen LogP contribution is -2.42. The molecule has 1 unspecified atom stereocenters. The summed E-state index contributed by atoms with van der Waals surface area (Å²) < 4.78 is 0. The first kappa shape index (κ1) is 8.02. The Morgan fingerprint density at radius 1 is 1.30 bits per heavy atom. The van der Waals surface area contributed by atoms with Crippen LogP contribution < -0.4 is 0 Å². The van der Waals surface area contributed by atoms with Gasteiger partial charge in [-0.2, -0.15) is 0 Å². The fourth-order valence-corrected chi connectivity index (χ4v) is 1.50. The molecule has 1 rings (SSSR count). The van der Waals surface area contributed by atoms with E-state index in [1.54, 1.807) is 0 Å². The largest absolute Gasteiger partial charge is 0.289 e. The second kappa shape index (κ2) is 2.21. The van der Waals surface area contributed by atoms with Gasteiger partial charge in [-0.25, -0.2) is 0 Å². The van der Waals surface area contributed by atoms with Gasteiger partial charge in [-0.15, -0.1) is 0 Å². The molecule has 1 saturated heterocycles. The summed E-state index contributed by atoms with van der Waals surface area (Å²) in [6.07, 6.45) is 0. The van der Waals surface area contributed by atoms with Gasteiger partial charge in [0.1, 0.15) is 0 Å². The van der Waals surface area contributed by atoms with E-state index < -0.39 is 0 Å². The zero-order chi connectivity index (χ0) is 7.94. The summed E-state index contributed by atoms with van der Waals surface area (Å²) in [6.45, 7) is 7.96. The Kier molecular flexibility index (Phi) is 1.77. The zero-order valence-corrected chi connectivity index (χ0v) is 7.68. The average molecular weight is 142 g/mol. The molecule has 60 valence electrons. The third kappa shape index (κ3) is 0.956. The normalized spacial score (nSPS) is 35.1. The third-order valence-corrected chi connectivity index (χ3v) is 3.10. The van der Waals surface area contributed by atoms with Gasteiger partial charge in [-0.3, -0.25) is 9.80 Å². The van der Waals surface area contributed by atoms with Crippen molar-refractivity contribution in [2.45, 2.75) is 32.4 Å². The molecular formula is C8H18N2. The summed E-state index contributed by atoms with van der Waals surface area (Å²) in [7, 11) is 4.36. The zero-order valence-electron chi connectivity index (χ0n) is 7.68. The Morgan fingerprint density at radius 2 is 1.80 bits per heavy atom. The van der Waals surface area contributed by atoms with Crippen molar-refractivity contribution in [2.75, 3.05) is 20.8 Å². The van der Waals surface area contributed by atoms with Gasteiger partial charge in [0.25, 0.3) is 0 Å². The smallest absolute Gasteiger partial charge is 0.0509 e. The van der Waals surface area contributed by atoms with Crippen LogP contribution in [0.15, 0.2) is 0 Å². The van der Waals surface area contributed by atoms with Crippen LogP contribution in [0.1, 0.15) is 20.8 Å². The molecule has 0 aliphatic carbocycles. The average Bonchev–Trinajstić information content (AvgIpc) is 1.97. The molecule has 0 aromatic rings. The van der Waals surface area contributed by atoms with E-state index in [0.717, 1.165) is 6.67 Å². The summed E-state index contributed by atoms with van der Waals surface area (Å²) in [5, 5.41) is 0. The van der Waals surface area contributed by atoms with Crippen molar-refractivity contribution in [1.82, 2.24) is 9.80 Å². The number of rotatable bonds is 0. The van der Waals surface area contributed by atoms with Crippen LogP contribution in [0.5, 0.6) is 0 Å². The Labute approximate surface area is 63.8 Å². The highest BCUT2D eigenvalue weighted by atomic mass is 15.4. The van der Waals surface area contributed by atoms with Crippen molar-refractivity contribution in [3.8, 4) is 0 Å². The van der Waals surface area contributed by atoms with E-state index in [0.29, 0.717) is 11.6 Å². The lowest BCUT2D eigenvalue weighted by molar-refractivity contribution is 0.206. The molecule has 2 heteroatoms. The standard InChI is InChI=1S/C8H18N2/c1-7-8(2,3)10(5)6-9(7)4/h7H,6H2,1-5H3. The predicted molar refractivity (Wildman–Crippen MR) is 43.9 cm³/mol. The molecule has 0 radical (unpaired) electrons. The van der Waals surface area contributed by atoms with Gasteiger partial charge >= 0.3 is 0 Å². The highest BCUT2D eigenvalue weighted by Gasteiger charge is 2.39. The van der Waals surface area contributed by atoms with E-state index >= 15 is 0 Å². The van der Waals surface area contributed by atoms with E-state index in [1.165, 1.54) is 0 Å². The van der Waals surface area contributed by atoms with E-state index in [1.807, 2.05) is 0 Å². The molecule has 0 spiro atoms. The van der Waals surface area contributed by atoms with Crippen LogP contribution in [0, 0.1) is 0 Å². The summed E-state index contributed by atoms with van der Waals surface area (Å²) in [5.74, 6) is 0. The van der Waals surface area contributed by atoms with Crippen LogP contribution in [0.4, 0.5) is 0 Å². The van der Waals surface area contributed by atoms with Crippen LogP contribution >= 0.6 is 0 Å². The van der Waals surface area contributed by atoms with E-state index in [2.05, 4.69) is 44.7 Å². The summed E-state index contributed by atoms with van der Waals surface area (Å²) in [4.78, 5) is 4.76. The fraction of sp³-hybridized carbons (Fsp3) is 1.00. The lowest BCUT2D eigenvalue weighted by atomic mass is 9.97. The molecule has 1 aliphatic heterocycles.